The Morgan fingerprint density at radius 3 is 2.19 bits per heavy atom. The maximum atomic E-state index is 6.10. The second-order valence-electron chi connectivity index (χ2n) is 4.35. The molecule has 0 aliphatic rings. The lowest BCUT2D eigenvalue weighted by molar-refractivity contribution is 0.982. The normalized spacial score (nSPS) is 11.3. The fraction of sp³-hybridized carbons (Fsp3) is 0.0714. The van der Waals surface area contributed by atoms with Crippen LogP contribution in [-0.2, 0) is 5.88 Å². The summed E-state index contributed by atoms with van der Waals surface area (Å²) in [5, 5.41) is 1.84. The minimum atomic E-state index is 0.240. The second-order valence-corrected chi connectivity index (χ2v) is 6.25. The minimum absolute atomic E-state index is 0.240. The van der Waals surface area contributed by atoms with Crippen molar-refractivity contribution in [3.63, 3.8) is 0 Å². The summed E-state index contributed by atoms with van der Waals surface area (Å²) < 4.78 is 1.88. The molecule has 3 aromatic rings. The van der Waals surface area contributed by atoms with Crippen molar-refractivity contribution in [3.05, 3.63) is 56.2 Å². The van der Waals surface area contributed by atoms with Gasteiger partial charge in [-0.3, -0.25) is 4.57 Å². The maximum absolute atomic E-state index is 6.10. The lowest BCUT2D eigenvalue weighted by Crippen LogP contribution is -1.99. The van der Waals surface area contributed by atoms with Gasteiger partial charge in [0.1, 0.15) is 5.82 Å². The summed E-state index contributed by atoms with van der Waals surface area (Å²) in [7, 11) is 0. The molecule has 0 radical (unpaired) electrons. The van der Waals surface area contributed by atoms with Gasteiger partial charge in [-0.05, 0) is 30.3 Å². The van der Waals surface area contributed by atoms with Gasteiger partial charge in [-0.25, -0.2) is 4.98 Å². The topological polar surface area (TPSA) is 17.8 Å². The summed E-state index contributed by atoms with van der Waals surface area (Å²) in [6.45, 7) is 0. The van der Waals surface area contributed by atoms with Crippen LogP contribution < -0.4 is 0 Å². The number of aromatic nitrogens is 2. The quantitative estimate of drug-likeness (QED) is 0.472. The Labute approximate surface area is 146 Å². The predicted molar refractivity (Wildman–Crippen MR) is 90.7 cm³/mol. The zero-order chi connectivity index (χ0) is 15.1. The number of rotatable bonds is 2. The van der Waals surface area contributed by atoms with Gasteiger partial charge in [0.25, 0.3) is 0 Å². The molecule has 0 fully saturated rings. The molecule has 0 N–H and O–H groups in total. The molecule has 0 saturated heterocycles. The van der Waals surface area contributed by atoms with E-state index >= 15 is 0 Å². The first-order chi connectivity index (χ1) is 10.0. The first kappa shape index (κ1) is 15.3. The van der Waals surface area contributed by atoms with Crippen molar-refractivity contribution in [1.29, 1.82) is 0 Å². The molecule has 0 bridgehead atoms. The lowest BCUT2D eigenvalue weighted by atomic mass is 10.2. The summed E-state index contributed by atoms with van der Waals surface area (Å²) in [6, 6.07) is 8.78. The molecular weight excluding hydrogens is 373 g/mol. The van der Waals surface area contributed by atoms with E-state index in [1.165, 1.54) is 0 Å². The van der Waals surface area contributed by atoms with Crippen molar-refractivity contribution < 1.29 is 0 Å². The third-order valence-electron chi connectivity index (χ3n) is 3.05. The molecule has 3 rings (SSSR count). The number of imidazole rings is 1. The molecule has 2 nitrogen and oxygen atoms in total. The Bertz CT molecular complexity index is 841. The van der Waals surface area contributed by atoms with Crippen LogP contribution in [0.25, 0.3) is 16.7 Å². The third kappa shape index (κ3) is 2.71. The SMILES string of the molecule is ClCc1nc2cc(Cl)c(Cl)cc2n1-c1ccc(Cl)c(Cl)c1. The molecule has 0 saturated carbocycles. The summed E-state index contributed by atoms with van der Waals surface area (Å²) in [5.41, 5.74) is 2.32. The highest BCUT2D eigenvalue weighted by atomic mass is 35.5. The summed E-state index contributed by atoms with van der Waals surface area (Å²) >= 11 is 30.2. The van der Waals surface area contributed by atoms with Gasteiger partial charge in [-0.15, -0.1) is 11.6 Å². The van der Waals surface area contributed by atoms with Crippen LogP contribution in [0, 0.1) is 0 Å². The fourth-order valence-corrected chi connectivity index (χ4v) is 2.91. The molecule has 0 spiro atoms. The number of halogens is 5. The van der Waals surface area contributed by atoms with Gasteiger partial charge in [0.05, 0.1) is 37.0 Å². The van der Waals surface area contributed by atoms with Gasteiger partial charge >= 0.3 is 0 Å². The molecule has 0 unspecified atom stereocenters. The van der Waals surface area contributed by atoms with Crippen molar-refractivity contribution in [2.45, 2.75) is 5.88 Å². The highest BCUT2D eigenvalue weighted by molar-refractivity contribution is 6.43. The summed E-state index contributed by atoms with van der Waals surface area (Å²) in [5.74, 6) is 0.910. The van der Waals surface area contributed by atoms with Crippen molar-refractivity contribution in [1.82, 2.24) is 9.55 Å². The molecular formula is C14H7Cl5N2. The first-order valence-electron chi connectivity index (χ1n) is 5.89. The van der Waals surface area contributed by atoms with E-state index in [2.05, 4.69) is 4.98 Å². The minimum Gasteiger partial charge on any atom is -0.295 e. The molecule has 0 atom stereocenters. The molecule has 1 heterocycles. The van der Waals surface area contributed by atoms with E-state index in [0.29, 0.717) is 31.4 Å². The first-order valence-corrected chi connectivity index (χ1v) is 7.93. The van der Waals surface area contributed by atoms with Gasteiger partial charge in [0, 0.05) is 5.69 Å². The smallest absolute Gasteiger partial charge is 0.129 e. The Morgan fingerprint density at radius 2 is 1.52 bits per heavy atom. The largest absolute Gasteiger partial charge is 0.295 e. The summed E-state index contributed by atoms with van der Waals surface area (Å²) in [4.78, 5) is 4.47. The maximum Gasteiger partial charge on any atom is 0.129 e. The standard InChI is InChI=1S/C14H7Cl5N2/c15-6-14-20-12-4-10(18)11(19)5-13(12)21(14)7-1-2-8(16)9(17)3-7/h1-5H,6H2. The second kappa shape index (κ2) is 5.86. The molecule has 0 amide bonds. The molecule has 21 heavy (non-hydrogen) atoms. The highest BCUT2D eigenvalue weighted by Crippen LogP contribution is 2.32. The van der Waals surface area contributed by atoms with Crippen LogP contribution in [0.1, 0.15) is 5.82 Å². The number of alkyl halides is 1. The van der Waals surface area contributed by atoms with Crippen molar-refractivity contribution in [2.24, 2.45) is 0 Å². The van der Waals surface area contributed by atoms with E-state index in [0.717, 1.165) is 11.2 Å². The Balaban J connectivity index is 2.34. The van der Waals surface area contributed by atoms with Gasteiger partial charge < -0.3 is 0 Å². The third-order valence-corrected chi connectivity index (χ3v) is 4.75. The zero-order valence-electron chi connectivity index (χ0n) is 10.4. The molecule has 0 aliphatic carbocycles. The molecule has 2 aromatic carbocycles. The molecule has 108 valence electrons. The molecule has 0 aliphatic heterocycles. The Morgan fingerprint density at radius 1 is 0.857 bits per heavy atom. The Kier molecular flexibility index (Phi) is 4.26. The van der Waals surface area contributed by atoms with E-state index in [9.17, 15) is 0 Å². The van der Waals surface area contributed by atoms with Crippen LogP contribution in [0.15, 0.2) is 30.3 Å². The van der Waals surface area contributed by atoms with E-state index in [-0.39, 0.29) is 5.88 Å². The number of nitrogens with zero attached hydrogens (tertiary/aromatic N) is 2. The van der Waals surface area contributed by atoms with Crippen molar-refractivity contribution >= 4 is 69.0 Å². The van der Waals surface area contributed by atoms with E-state index in [1.807, 2.05) is 10.6 Å². The lowest BCUT2D eigenvalue weighted by Gasteiger charge is -2.09. The Hall–Kier alpha value is -0.640. The number of benzene rings is 2. The number of fused-ring (bicyclic) bond motifs is 1. The van der Waals surface area contributed by atoms with Gasteiger partial charge in [0.2, 0.25) is 0 Å². The fourth-order valence-electron chi connectivity index (χ4n) is 2.12. The molecule has 7 heteroatoms. The van der Waals surface area contributed by atoms with Crippen LogP contribution in [0.4, 0.5) is 0 Å². The van der Waals surface area contributed by atoms with Crippen LogP contribution in [0.2, 0.25) is 20.1 Å². The van der Waals surface area contributed by atoms with Crippen LogP contribution in [0.5, 0.6) is 0 Å². The number of hydrogen-bond acceptors (Lipinski definition) is 1. The monoisotopic (exact) mass is 378 g/mol. The summed E-state index contributed by atoms with van der Waals surface area (Å²) in [6.07, 6.45) is 0. The van der Waals surface area contributed by atoms with Crippen molar-refractivity contribution in [2.75, 3.05) is 0 Å². The van der Waals surface area contributed by atoms with E-state index < -0.39 is 0 Å². The van der Waals surface area contributed by atoms with Gasteiger partial charge in [0.15, 0.2) is 0 Å². The van der Waals surface area contributed by atoms with E-state index in [1.54, 1.807) is 24.3 Å². The number of hydrogen-bond donors (Lipinski definition) is 0. The van der Waals surface area contributed by atoms with Gasteiger partial charge in [-0.1, -0.05) is 46.4 Å². The van der Waals surface area contributed by atoms with Gasteiger partial charge in [-0.2, -0.15) is 0 Å². The van der Waals surface area contributed by atoms with Crippen LogP contribution in [0.3, 0.4) is 0 Å². The average Bonchev–Trinajstić information content (AvgIpc) is 2.80. The van der Waals surface area contributed by atoms with Crippen molar-refractivity contribution in [3.8, 4) is 5.69 Å². The van der Waals surface area contributed by atoms with Crippen LogP contribution >= 0.6 is 58.0 Å². The van der Waals surface area contributed by atoms with Crippen LogP contribution in [-0.4, -0.2) is 9.55 Å². The molecule has 1 aromatic heterocycles. The average molecular weight is 380 g/mol. The highest BCUT2D eigenvalue weighted by Gasteiger charge is 2.14. The zero-order valence-corrected chi connectivity index (χ0v) is 14.2. The van der Waals surface area contributed by atoms with E-state index in [4.69, 9.17) is 58.0 Å². The predicted octanol–water partition coefficient (Wildman–Crippen LogP) is 6.38.